The lowest BCUT2D eigenvalue weighted by Crippen LogP contribution is -2.31. The van der Waals surface area contributed by atoms with Crippen LogP contribution in [-0.2, 0) is 24.3 Å². The third-order valence-electron chi connectivity index (χ3n) is 7.70. The topological polar surface area (TPSA) is 99.6 Å². The average molecular weight is 582 g/mol. The quantitative estimate of drug-likeness (QED) is 0.201. The van der Waals surface area contributed by atoms with Crippen LogP contribution < -0.4 is 4.74 Å². The number of aromatic carboxylic acids is 1. The van der Waals surface area contributed by atoms with Gasteiger partial charge in [0.25, 0.3) is 0 Å². The first-order valence-corrected chi connectivity index (χ1v) is 13.8. The van der Waals surface area contributed by atoms with E-state index in [1.165, 1.54) is 24.5 Å². The molecule has 0 bridgehead atoms. The van der Waals surface area contributed by atoms with Gasteiger partial charge in [0, 0.05) is 30.2 Å². The molecule has 10 heteroatoms. The zero-order chi connectivity index (χ0) is 29.5. The van der Waals surface area contributed by atoms with Crippen LogP contribution in [0.2, 0.25) is 0 Å². The van der Waals surface area contributed by atoms with Crippen LogP contribution in [0, 0.1) is 11.6 Å². The Hall–Kier alpha value is -5.09. The molecule has 6 aromatic rings. The monoisotopic (exact) mass is 581 g/mol. The maximum Gasteiger partial charge on any atom is 0.335 e. The number of rotatable bonds is 9. The zero-order valence-corrected chi connectivity index (χ0v) is 22.8. The molecule has 0 spiro atoms. The molecule has 0 radical (unpaired) electrons. The highest BCUT2D eigenvalue weighted by atomic mass is 19.1. The fourth-order valence-electron chi connectivity index (χ4n) is 5.30. The Morgan fingerprint density at radius 2 is 1.86 bits per heavy atom. The minimum Gasteiger partial charge on any atom is -0.478 e. The SMILES string of the molecule is O=C(O)c1ccc2nc(Cc3ccc(-c4cccc(OCc5ccc(F)c6ccoc56)n4)cc3F)n(C[C@@H]3CCO3)c2c1. The maximum atomic E-state index is 15.5. The van der Waals surface area contributed by atoms with Crippen molar-refractivity contribution >= 4 is 28.0 Å². The summed E-state index contributed by atoms with van der Waals surface area (Å²) in [7, 11) is 0. The number of carboxylic acids is 1. The summed E-state index contributed by atoms with van der Waals surface area (Å²) in [4.78, 5) is 20.8. The molecule has 1 saturated heterocycles. The number of benzene rings is 3. The lowest BCUT2D eigenvalue weighted by Gasteiger charge is -2.27. The van der Waals surface area contributed by atoms with Crippen molar-refractivity contribution in [2.45, 2.75) is 32.1 Å². The number of aromatic nitrogens is 3. The van der Waals surface area contributed by atoms with Gasteiger partial charge in [-0.1, -0.05) is 18.2 Å². The van der Waals surface area contributed by atoms with Crippen molar-refractivity contribution in [3.63, 3.8) is 0 Å². The maximum absolute atomic E-state index is 15.5. The Labute approximate surface area is 244 Å². The number of furan rings is 1. The summed E-state index contributed by atoms with van der Waals surface area (Å²) in [5.74, 6) is -0.846. The largest absolute Gasteiger partial charge is 0.478 e. The standard InChI is InChI=1S/C33H25F2N3O5/c34-25-8-6-22(32-24(25)11-13-42-32)18-43-31-3-1-2-27(37-31)20-5-4-19(26(35)14-20)16-30-36-28-9-7-21(33(39)40)15-29(28)38(30)17-23-10-12-41-23/h1-9,11,13-15,23H,10,12,16-18H2,(H,39,40)/t23-/m0/s1. The number of hydrogen-bond acceptors (Lipinski definition) is 6. The van der Waals surface area contributed by atoms with Gasteiger partial charge in [-0.25, -0.2) is 23.5 Å². The van der Waals surface area contributed by atoms with Crippen LogP contribution in [0.3, 0.4) is 0 Å². The number of nitrogens with zero attached hydrogens (tertiary/aromatic N) is 3. The van der Waals surface area contributed by atoms with Gasteiger partial charge in [-0.05, 0) is 60.5 Å². The zero-order valence-electron chi connectivity index (χ0n) is 22.8. The fraction of sp³-hybridized carbons (Fsp3) is 0.182. The van der Waals surface area contributed by atoms with Gasteiger partial charge in [0.15, 0.2) is 0 Å². The molecule has 3 aromatic carbocycles. The minimum absolute atomic E-state index is 0.00518. The number of carboxylic acid groups (broad SMARTS) is 1. The van der Waals surface area contributed by atoms with Crippen LogP contribution in [0.4, 0.5) is 8.78 Å². The van der Waals surface area contributed by atoms with E-state index in [0.717, 1.165) is 6.42 Å². The molecule has 3 aromatic heterocycles. The highest BCUT2D eigenvalue weighted by Gasteiger charge is 2.23. The predicted molar refractivity (Wildman–Crippen MR) is 154 cm³/mol. The summed E-state index contributed by atoms with van der Waals surface area (Å²) in [6.07, 6.45) is 2.55. The Morgan fingerprint density at radius 1 is 1.00 bits per heavy atom. The summed E-state index contributed by atoms with van der Waals surface area (Å²) in [5.41, 5.74) is 4.13. The fourth-order valence-corrected chi connectivity index (χ4v) is 5.30. The number of hydrogen-bond donors (Lipinski definition) is 1. The van der Waals surface area contributed by atoms with E-state index in [1.54, 1.807) is 54.6 Å². The number of imidazole rings is 1. The summed E-state index contributed by atoms with van der Waals surface area (Å²) in [6, 6.07) is 19.5. The van der Waals surface area contributed by atoms with Crippen molar-refractivity contribution < 1.29 is 32.6 Å². The van der Waals surface area contributed by atoms with Crippen LogP contribution >= 0.6 is 0 Å². The molecule has 1 aliphatic rings. The third-order valence-corrected chi connectivity index (χ3v) is 7.70. The van der Waals surface area contributed by atoms with Gasteiger partial charge in [-0.15, -0.1) is 0 Å². The lowest BCUT2D eigenvalue weighted by atomic mass is 10.1. The van der Waals surface area contributed by atoms with E-state index in [2.05, 4.69) is 4.98 Å². The molecule has 1 aliphatic heterocycles. The number of fused-ring (bicyclic) bond motifs is 2. The Kier molecular flexibility index (Phi) is 6.83. The second-order valence-electron chi connectivity index (χ2n) is 10.4. The summed E-state index contributed by atoms with van der Waals surface area (Å²) < 4.78 is 48.3. The van der Waals surface area contributed by atoms with Gasteiger partial charge in [0.2, 0.25) is 5.88 Å². The molecule has 1 fully saturated rings. The molecular formula is C33H25F2N3O5. The second-order valence-corrected chi connectivity index (χ2v) is 10.4. The third kappa shape index (κ3) is 5.21. The second kappa shape index (κ2) is 11.0. The molecule has 1 N–H and O–H groups in total. The van der Waals surface area contributed by atoms with Crippen molar-refractivity contribution in [2.24, 2.45) is 0 Å². The number of ether oxygens (including phenoxy) is 2. The Morgan fingerprint density at radius 3 is 2.65 bits per heavy atom. The number of halogens is 2. The minimum atomic E-state index is -1.02. The van der Waals surface area contributed by atoms with Crippen LogP contribution in [0.1, 0.15) is 33.7 Å². The van der Waals surface area contributed by atoms with E-state index in [1.807, 2.05) is 4.57 Å². The van der Waals surface area contributed by atoms with Gasteiger partial charge >= 0.3 is 5.97 Å². The molecule has 7 rings (SSSR count). The Bertz CT molecular complexity index is 2000. The lowest BCUT2D eigenvalue weighted by molar-refractivity contribution is -0.0589. The van der Waals surface area contributed by atoms with Gasteiger partial charge in [0.05, 0.1) is 46.6 Å². The molecular weight excluding hydrogens is 556 g/mol. The first kappa shape index (κ1) is 26.8. The van der Waals surface area contributed by atoms with Crippen molar-refractivity contribution in [2.75, 3.05) is 6.61 Å². The first-order valence-electron chi connectivity index (χ1n) is 13.8. The molecule has 0 unspecified atom stereocenters. The van der Waals surface area contributed by atoms with Gasteiger partial charge in [-0.2, -0.15) is 0 Å². The van der Waals surface area contributed by atoms with E-state index in [0.29, 0.717) is 69.2 Å². The van der Waals surface area contributed by atoms with Gasteiger partial charge in [0.1, 0.15) is 29.6 Å². The normalized spacial score (nSPS) is 14.7. The van der Waals surface area contributed by atoms with E-state index in [4.69, 9.17) is 18.9 Å². The van der Waals surface area contributed by atoms with Crippen molar-refractivity contribution in [1.82, 2.24) is 14.5 Å². The van der Waals surface area contributed by atoms with Crippen LogP contribution in [0.25, 0.3) is 33.3 Å². The van der Waals surface area contributed by atoms with Crippen molar-refractivity contribution in [3.05, 3.63) is 113 Å². The van der Waals surface area contributed by atoms with E-state index < -0.39 is 11.8 Å². The van der Waals surface area contributed by atoms with Gasteiger partial charge < -0.3 is 23.6 Å². The van der Waals surface area contributed by atoms with E-state index in [9.17, 15) is 14.3 Å². The van der Waals surface area contributed by atoms with E-state index in [-0.39, 0.29) is 30.5 Å². The number of carbonyl (C=O) groups is 1. The van der Waals surface area contributed by atoms with E-state index >= 15 is 4.39 Å². The van der Waals surface area contributed by atoms with Crippen LogP contribution in [0.5, 0.6) is 5.88 Å². The molecule has 43 heavy (non-hydrogen) atoms. The molecule has 0 aliphatic carbocycles. The molecule has 4 heterocycles. The predicted octanol–water partition coefficient (Wildman–Crippen LogP) is 6.78. The molecule has 1 atom stereocenters. The Balaban J connectivity index is 1.12. The smallest absolute Gasteiger partial charge is 0.335 e. The highest BCUT2D eigenvalue weighted by Crippen LogP contribution is 2.28. The average Bonchev–Trinajstić information content (AvgIpc) is 3.61. The molecule has 8 nitrogen and oxygen atoms in total. The van der Waals surface area contributed by atoms with Crippen LogP contribution in [0.15, 0.2) is 83.5 Å². The summed E-state index contributed by atoms with van der Waals surface area (Å²) in [6.45, 7) is 1.31. The van der Waals surface area contributed by atoms with Crippen molar-refractivity contribution in [1.29, 1.82) is 0 Å². The van der Waals surface area contributed by atoms with Crippen molar-refractivity contribution in [3.8, 4) is 17.1 Å². The number of pyridine rings is 1. The summed E-state index contributed by atoms with van der Waals surface area (Å²) in [5, 5.41) is 9.86. The molecule has 0 saturated carbocycles. The summed E-state index contributed by atoms with van der Waals surface area (Å²) >= 11 is 0. The van der Waals surface area contributed by atoms with Gasteiger partial charge in [-0.3, -0.25) is 0 Å². The van der Waals surface area contributed by atoms with Crippen LogP contribution in [-0.4, -0.2) is 38.3 Å². The highest BCUT2D eigenvalue weighted by molar-refractivity contribution is 5.92. The molecule has 0 amide bonds. The molecule has 216 valence electrons. The first-order chi connectivity index (χ1) is 20.9.